The first-order chi connectivity index (χ1) is 12.8. The minimum absolute atomic E-state index is 0.274. The van der Waals surface area contributed by atoms with Gasteiger partial charge in [-0.05, 0) is 51.2 Å². The van der Waals surface area contributed by atoms with Crippen LogP contribution in [-0.2, 0) is 0 Å². The third-order valence-electron chi connectivity index (χ3n) is 4.61. The molecule has 0 unspecified atom stereocenters. The average Bonchev–Trinajstić information content (AvgIpc) is 3.10. The Hall–Kier alpha value is -2.76. The van der Waals surface area contributed by atoms with Crippen LogP contribution in [0.25, 0.3) is 0 Å². The van der Waals surface area contributed by atoms with E-state index in [1.807, 2.05) is 31.2 Å². The van der Waals surface area contributed by atoms with Gasteiger partial charge in [-0.2, -0.15) is 4.98 Å². The SMILES string of the molecule is Cc1cc(Nc2ccc3c(c2)OCO3)nc(NCCC2=CCCCC2)n1. The van der Waals surface area contributed by atoms with Crippen molar-refractivity contribution >= 4 is 17.5 Å². The Morgan fingerprint density at radius 1 is 1.08 bits per heavy atom. The van der Waals surface area contributed by atoms with Gasteiger partial charge in [0.05, 0.1) is 0 Å². The third kappa shape index (κ3) is 4.07. The number of aryl methyl sites for hydroxylation is 1. The van der Waals surface area contributed by atoms with Crippen molar-refractivity contribution in [2.75, 3.05) is 24.0 Å². The number of hydrogen-bond donors (Lipinski definition) is 2. The Balaban J connectivity index is 1.40. The molecule has 2 N–H and O–H groups in total. The van der Waals surface area contributed by atoms with Crippen molar-refractivity contribution in [3.63, 3.8) is 0 Å². The second-order valence-corrected chi connectivity index (χ2v) is 6.70. The predicted octanol–water partition coefficient (Wildman–Crippen LogP) is 4.56. The average molecular weight is 352 g/mol. The first-order valence-electron chi connectivity index (χ1n) is 9.20. The first-order valence-corrected chi connectivity index (χ1v) is 9.20. The van der Waals surface area contributed by atoms with Crippen LogP contribution >= 0.6 is 0 Å². The van der Waals surface area contributed by atoms with Crippen molar-refractivity contribution in [3.05, 3.63) is 41.6 Å². The fraction of sp³-hybridized carbons (Fsp3) is 0.400. The lowest BCUT2D eigenvalue weighted by molar-refractivity contribution is 0.174. The molecule has 0 atom stereocenters. The predicted molar refractivity (Wildman–Crippen MR) is 102 cm³/mol. The zero-order valence-corrected chi connectivity index (χ0v) is 15.0. The number of ether oxygens (including phenoxy) is 2. The second kappa shape index (κ2) is 7.64. The summed E-state index contributed by atoms with van der Waals surface area (Å²) in [4.78, 5) is 9.07. The number of nitrogens with one attached hydrogen (secondary N) is 2. The van der Waals surface area contributed by atoms with Crippen molar-refractivity contribution < 1.29 is 9.47 Å². The fourth-order valence-corrected chi connectivity index (χ4v) is 3.30. The van der Waals surface area contributed by atoms with Crippen LogP contribution in [0.5, 0.6) is 11.5 Å². The molecule has 6 nitrogen and oxygen atoms in total. The van der Waals surface area contributed by atoms with E-state index >= 15 is 0 Å². The van der Waals surface area contributed by atoms with E-state index in [0.717, 1.165) is 41.7 Å². The highest BCUT2D eigenvalue weighted by Gasteiger charge is 2.13. The van der Waals surface area contributed by atoms with Crippen molar-refractivity contribution in [1.29, 1.82) is 0 Å². The maximum Gasteiger partial charge on any atom is 0.231 e. The van der Waals surface area contributed by atoms with Crippen LogP contribution in [0.2, 0.25) is 0 Å². The van der Waals surface area contributed by atoms with E-state index in [1.54, 1.807) is 5.57 Å². The number of anilines is 3. The van der Waals surface area contributed by atoms with Crippen LogP contribution in [0.3, 0.4) is 0 Å². The fourth-order valence-electron chi connectivity index (χ4n) is 3.30. The highest BCUT2D eigenvalue weighted by Crippen LogP contribution is 2.35. The Morgan fingerprint density at radius 3 is 2.88 bits per heavy atom. The second-order valence-electron chi connectivity index (χ2n) is 6.70. The standard InChI is InChI=1S/C20H24N4O2/c1-14-11-19(23-16-7-8-17-18(12-16)26-13-25-17)24-20(22-14)21-10-9-15-5-3-2-4-6-15/h5,7-8,11-12H,2-4,6,9-10,13H2,1H3,(H2,21,22,23,24). The molecule has 6 heteroatoms. The van der Waals surface area contributed by atoms with Crippen LogP contribution < -0.4 is 20.1 Å². The van der Waals surface area contributed by atoms with Gasteiger partial charge in [-0.1, -0.05) is 11.6 Å². The molecule has 2 aliphatic rings. The van der Waals surface area contributed by atoms with Gasteiger partial charge in [0, 0.05) is 30.1 Å². The Morgan fingerprint density at radius 2 is 2.00 bits per heavy atom. The van der Waals surface area contributed by atoms with E-state index in [2.05, 4.69) is 26.7 Å². The molecule has 26 heavy (non-hydrogen) atoms. The summed E-state index contributed by atoms with van der Waals surface area (Å²) < 4.78 is 10.8. The normalized spacial score (nSPS) is 15.5. The topological polar surface area (TPSA) is 68.3 Å². The van der Waals surface area contributed by atoms with Crippen LogP contribution in [0, 0.1) is 6.92 Å². The number of allylic oxidation sites excluding steroid dienone is 1. The molecule has 4 rings (SSSR count). The van der Waals surface area contributed by atoms with Crippen molar-refractivity contribution in [1.82, 2.24) is 9.97 Å². The lowest BCUT2D eigenvalue weighted by Crippen LogP contribution is -2.09. The summed E-state index contributed by atoms with van der Waals surface area (Å²) in [5, 5.41) is 6.67. The summed E-state index contributed by atoms with van der Waals surface area (Å²) in [7, 11) is 0. The molecule has 1 aromatic carbocycles. The van der Waals surface area contributed by atoms with Gasteiger partial charge in [0.15, 0.2) is 11.5 Å². The van der Waals surface area contributed by atoms with E-state index in [-0.39, 0.29) is 6.79 Å². The quantitative estimate of drug-likeness (QED) is 0.743. The van der Waals surface area contributed by atoms with E-state index in [9.17, 15) is 0 Å². The minimum atomic E-state index is 0.274. The molecule has 0 radical (unpaired) electrons. The summed E-state index contributed by atoms with van der Waals surface area (Å²) in [6.07, 6.45) is 8.54. The van der Waals surface area contributed by atoms with Crippen molar-refractivity contribution in [2.45, 2.75) is 39.0 Å². The van der Waals surface area contributed by atoms with E-state index < -0.39 is 0 Å². The van der Waals surface area contributed by atoms with Gasteiger partial charge in [-0.15, -0.1) is 0 Å². The highest BCUT2D eigenvalue weighted by molar-refractivity contribution is 5.62. The highest BCUT2D eigenvalue weighted by atomic mass is 16.7. The number of benzene rings is 1. The Kier molecular flexibility index (Phi) is 4.91. The molecular formula is C20H24N4O2. The molecule has 1 aromatic heterocycles. The van der Waals surface area contributed by atoms with Crippen LogP contribution in [0.15, 0.2) is 35.9 Å². The molecule has 0 amide bonds. The van der Waals surface area contributed by atoms with Gasteiger partial charge in [-0.25, -0.2) is 4.98 Å². The molecule has 1 aliphatic carbocycles. The molecule has 0 fully saturated rings. The van der Waals surface area contributed by atoms with Gasteiger partial charge in [0.25, 0.3) is 0 Å². The van der Waals surface area contributed by atoms with E-state index in [0.29, 0.717) is 5.95 Å². The number of rotatable bonds is 6. The van der Waals surface area contributed by atoms with Gasteiger partial charge in [-0.3, -0.25) is 0 Å². The summed E-state index contributed by atoms with van der Waals surface area (Å²) in [5.74, 6) is 2.94. The zero-order valence-electron chi connectivity index (χ0n) is 15.0. The largest absolute Gasteiger partial charge is 0.454 e. The van der Waals surface area contributed by atoms with Crippen molar-refractivity contribution in [3.8, 4) is 11.5 Å². The molecule has 0 spiro atoms. The maximum atomic E-state index is 5.42. The monoisotopic (exact) mass is 352 g/mol. The minimum Gasteiger partial charge on any atom is -0.454 e. The smallest absolute Gasteiger partial charge is 0.231 e. The van der Waals surface area contributed by atoms with Crippen LogP contribution in [0.1, 0.15) is 37.8 Å². The zero-order chi connectivity index (χ0) is 17.8. The molecule has 136 valence electrons. The van der Waals surface area contributed by atoms with Gasteiger partial charge < -0.3 is 20.1 Å². The van der Waals surface area contributed by atoms with Crippen LogP contribution in [0.4, 0.5) is 17.5 Å². The van der Waals surface area contributed by atoms with Gasteiger partial charge in [0.2, 0.25) is 12.7 Å². The first kappa shape index (κ1) is 16.7. The Bertz CT molecular complexity index is 819. The molecule has 1 aliphatic heterocycles. The summed E-state index contributed by atoms with van der Waals surface area (Å²) in [5.41, 5.74) is 3.38. The number of aromatic nitrogens is 2. The third-order valence-corrected chi connectivity index (χ3v) is 4.61. The number of nitrogens with zero attached hydrogens (tertiary/aromatic N) is 2. The van der Waals surface area contributed by atoms with Crippen molar-refractivity contribution in [2.24, 2.45) is 0 Å². The lowest BCUT2D eigenvalue weighted by Gasteiger charge is -2.13. The summed E-state index contributed by atoms with van der Waals surface area (Å²) in [6, 6.07) is 7.70. The van der Waals surface area contributed by atoms with E-state index in [4.69, 9.17) is 9.47 Å². The molecule has 2 aromatic rings. The Labute approximate surface area is 153 Å². The molecule has 0 bridgehead atoms. The number of hydrogen-bond acceptors (Lipinski definition) is 6. The summed E-state index contributed by atoms with van der Waals surface area (Å²) >= 11 is 0. The van der Waals surface area contributed by atoms with Gasteiger partial charge >= 0.3 is 0 Å². The van der Waals surface area contributed by atoms with Gasteiger partial charge in [0.1, 0.15) is 5.82 Å². The van der Waals surface area contributed by atoms with Crippen LogP contribution in [-0.4, -0.2) is 23.3 Å². The maximum absolute atomic E-state index is 5.42. The van der Waals surface area contributed by atoms with E-state index in [1.165, 1.54) is 25.7 Å². The molecule has 2 heterocycles. The lowest BCUT2D eigenvalue weighted by atomic mass is 9.97. The number of fused-ring (bicyclic) bond motifs is 1. The molecular weight excluding hydrogens is 328 g/mol. The molecule has 0 saturated carbocycles. The summed E-state index contributed by atoms with van der Waals surface area (Å²) in [6.45, 7) is 3.11. The molecule has 0 saturated heterocycles.